The third-order valence-electron chi connectivity index (χ3n) is 4.71. The average molecular weight is 331 g/mol. The second kappa shape index (κ2) is 5.81. The Balaban J connectivity index is 1.58. The molecule has 6 heteroatoms. The van der Waals surface area contributed by atoms with E-state index in [1.807, 2.05) is 18.3 Å². The Morgan fingerprint density at radius 1 is 1.16 bits per heavy atom. The molecule has 0 unspecified atom stereocenters. The van der Waals surface area contributed by atoms with Crippen LogP contribution in [0, 0.1) is 0 Å². The molecule has 25 heavy (non-hydrogen) atoms. The molecule has 0 radical (unpaired) electrons. The van der Waals surface area contributed by atoms with E-state index in [4.69, 9.17) is 9.40 Å². The van der Waals surface area contributed by atoms with Crippen LogP contribution >= 0.6 is 0 Å². The van der Waals surface area contributed by atoms with Crippen LogP contribution in [-0.2, 0) is 19.4 Å². The maximum atomic E-state index is 6.02. The van der Waals surface area contributed by atoms with Gasteiger partial charge in [0, 0.05) is 24.6 Å². The molecule has 1 aliphatic rings. The summed E-state index contributed by atoms with van der Waals surface area (Å²) in [6.07, 6.45) is 9.70. The van der Waals surface area contributed by atoms with Crippen molar-refractivity contribution in [1.82, 2.24) is 19.9 Å². The fourth-order valence-corrected chi connectivity index (χ4v) is 3.44. The van der Waals surface area contributed by atoms with Crippen LogP contribution in [0.2, 0.25) is 0 Å². The van der Waals surface area contributed by atoms with Crippen LogP contribution in [0.25, 0.3) is 22.2 Å². The van der Waals surface area contributed by atoms with Gasteiger partial charge in [-0.25, -0.2) is 15.0 Å². The number of hydrogen-bond donors (Lipinski definition) is 1. The summed E-state index contributed by atoms with van der Waals surface area (Å²) in [4.78, 5) is 17.7. The van der Waals surface area contributed by atoms with E-state index >= 15 is 0 Å². The second-order valence-corrected chi connectivity index (χ2v) is 6.37. The fourth-order valence-electron chi connectivity index (χ4n) is 3.44. The molecular formula is C19H17N5O. The van der Waals surface area contributed by atoms with E-state index in [0.29, 0.717) is 23.7 Å². The molecule has 0 bridgehead atoms. The van der Waals surface area contributed by atoms with Crippen molar-refractivity contribution in [3.63, 3.8) is 0 Å². The minimum absolute atomic E-state index is 0.626. The Bertz CT molecular complexity index is 1060. The van der Waals surface area contributed by atoms with E-state index in [1.165, 1.54) is 18.4 Å². The van der Waals surface area contributed by atoms with E-state index in [1.54, 1.807) is 12.5 Å². The maximum Gasteiger partial charge on any atom is 0.229 e. The van der Waals surface area contributed by atoms with Gasteiger partial charge in [0.05, 0.1) is 5.39 Å². The van der Waals surface area contributed by atoms with Crippen LogP contribution in [0.4, 0.5) is 5.82 Å². The van der Waals surface area contributed by atoms with E-state index in [9.17, 15) is 0 Å². The van der Waals surface area contributed by atoms with Crippen molar-refractivity contribution in [3.05, 3.63) is 53.7 Å². The summed E-state index contributed by atoms with van der Waals surface area (Å²) in [6.45, 7) is 0.626. The Morgan fingerprint density at radius 2 is 2.12 bits per heavy atom. The van der Waals surface area contributed by atoms with Crippen LogP contribution < -0.4 is 5.32 Å². The first-order chi connectivity index (χ1) is 12.4. The molecule has 124 valence electrons. The van der Waals surface area contributed by atoms with Crippen molar-refractivity contribution < 1.29 is 4.42 Å². The van der Waals surface area contributed by atoms with Gasteiger partial charge in [-0.1, -0.05) is 6.07 Å². The Morgan fingerprint density at radius 3 is 3.04 bits per heavy atom. The zero-order chi connectivity index (χ0) is 16.6. The minimum Gasteiger partial charge on any atom is -0.432 e. The Labute approximate surface area is 144 Å². The molecule has 0 saturated carbocycles. The number of fused-ring (bicyclic) bond motifs is 4. The first-order valence-corrected chi connectivity index (χ1v) is 8.57. The van der Waals surface area contributed by atoms with Crippen LogP contribution in [0.15, 0.2) is 41.3 Å². The lowest BCUT2D eigenvalue weighted by Crippen LogP contribution is -2.04. The number of furan rings is 1. The highest BCUT2D eigenvalue weighted by Gasteiger charge is 2.18. The van der Waals surface area contributed by atoms with E-state index in [2.05, 4.69) is 26.3 Å². The Hall–Kier alpha value is -3.02. The van der Waals surface area contributed by atoms with Crippen LogP contribution in [0.3, 0.4) is 0 Å². The maximum absolute atomic E-state index is 6.02. The number of nitrogens with one attached hydrogen (secondary N) is 1. The van der Waals surface area contributed by atoms with Gasteiger partial charge in [0.15, 0.2) is 11.4 Å². The zero-order valence-electron chi connectivity index (χ0n) is 13.7. The third kappa shape index (κ3) is 2.50. The summed E-state index contributed by atoms with van der Waals surface area (Å²) >= 11 is 0. The monoisotopic (exact) mass is 331 g/mol. The van der Waals surface area contributed by atoms with Crippen molar-refractivity contribution in [2.45, 2.75) is 32.2 Å². The molecule has 0 aromatic carbocycles. The van der Waals surface area contributed by atoms with Crippen molar-refractivity contribution in [2.24, 2.45) is 0 Å². The van der Waals surface area contributed by atoms with Crippen molar-refractivity contribution in [3.8, 4) is 0 Å². The van der Waals surface area contributed by atoms with E-state index in [0.717, 1.165) is 35.0 Å². The fraction of sp³-hybridized carbons (Fsp3) is 0.263. The number of aromatic nitrogens is 4. The summed E-state index contributed by atoms with van der Waals surface area (Å²) < 4.78 is 6.02. The highest BCUT2D eigenvalue weighted by molar-refractivity contribution is 6.04. The molecule has 5 rings (SSSR count). The van der Waals surface area contributed by atoms with E-state index in [-0.39, 0.29) is 0 Å². The summed E-state index contributed by atoms with van der Waals surface area (Å²) in [5, 5.41) is 4.30. The molecule has 0 atom stereocenters. The molecule has 0 saturated heterocycles. The first kappa shape index (κ1) is 14.3. The van der Waals surface area contributed by atoms with Gasteiger partial charge in [-0.05, 0) is 48.9 Å². The largest absolute Gasteiger partial charge is 0.432 e. The van der Waals surface area contributed by atoms with Crippen LogP contribution in [0.5, 0.6) is 0 Å². The quantitative estimate of drug-likeness (QED) is 0.617. The van der Waals surface area contributed by atoms with Crippen molar-refractivity contribution in [1.29, 1.82) is 0 Å². The number of hydrogen-bond acceptors (Lipinski definition) is 6. The SMILES string of the molecule is c1cncc(CNc2ncnc3c2oc2nc4c(cc23)CCCC4)c1. The first-order valence-electron chi connectivity index (χ1n) is 8.57. The van der Waals surface area contributed by atoms with Crippen molar-refractivity contribution >= 4 is 28.0 Å². The predicted molar refractivity (Wildman–Crippen MR) is 95.3 cm³/mol. The molecule has 1 aliphatic carbocycles. The molecule has 0 amide bonds. The second-order valence-electron chi connectivity index (χ2n) is 6.37. The van der Waals surface area contributed by atoms with Gasteiger partial charge in [-0.3, -0.25) is 4.98 Å². The van der Waals surface area contributed by atoms with Crippen LogP contribution in [-0.4, -0.2) is 19.9 Å². The highest BCUT2D eigenvalue weighted by Crippen LogP contribution is 2.32. The third-order valence-corrected chi connectivity index (χ3v) is 4.71. The van der Waals surface area contributed by atoms with Gasteiger partial charge in [0.25, 0.3) is 0 Å². The number of nitrogens with zero attached hydrogens (tertiary/aromatic N) is 4. The molecule has 6 nitrogen and oxygen atoms in total. The van der Waals surface area contributed by atoms with Gasteiger partial charge in [-0.2, -0.15) is 0 Å². The van der Waals surface area contributed by atoms with Gasteiger partial charge >= 0.3 is 0 Å². The molecule has 4 aromatic rings. The lowest BCUT2D eigenvalue weighted by Gasteiger charge is -2.13. The summed E-state index contributed by atoms with van der Waals surface area (Å²) in [5.41, 5.74) is 5.70. The molecule has 1 N–H and O–H groups in total. The molecule has 4 aromatic heterocycles. The number of pyridine rings is 2. The Kier molecular flexibility index (Phi) is 3.33. The number of anilines is 1. The normalized spacial score (nSPS) is 13.9. The average Bonchev–Trinajstić information content (AvgIpc) is 3.03. The van der Waals surface area contributed by atoms with Gasteiger partial charge < -0.3 is 9.73 Å². The number of aryl methyl sites for hydroxylation is 2. The van der Waals surface area contributed by atoms with Gasteiger partial charge in [0.2, 0.25) is 5.71 Å². The number of rotatable bonds is 3. The molecular weight excluding hydrogens is 314 g/mol. The van der Waals surface area contributed by atoms with Gasteiger partial charge in [0.1, 0.15) is 11.8 Å². The molecule has 0 aliphatic heterocycles. The van der Waals surface area contributed by atoms with Crippen molar-refractivity contribution in [2.75, 3.05) is 5.32 Å². The smallest absolute Gasteiger partial charge is 0.229 e. The summed E-state index contributed by atoms with van der Waals surface area (Å²) in [5.74, 6) is 0.685. The topological polar surface area (TPSA) is 76.7 Å². The molecule has 0 spiro atoms. The van der Waals surface area contributed by atoms with E-state index < -0.39 is 0 Å². The summed E-state index contributed by atoms with van der Waals surface area (Å²) in [7, 11) is 0. The lowest BCUT2D eigenvalue weighted by atomic mass is 9.95. The van der Waals surface area contributed by atoms with Gasteiger partial charge in [-0.15, -0.1) is 0 Å². The standard InChI is InChI=1S/C19H17N5O/c1-2-6-15-13(5-1)8-14-16-17(25-19(14)24-15)18(23-11-22-16)21-10-12-4-3-7-20-9-12/h3-4,7-9,11H,1-2,5-6,10H2,(H,21,22,23). The summed E-state index contributed by atoms with van der Waals surface area (Å²) in [6, 6.07) is 6.13. The minimum atomic E-state index is 0.626. The highest BCUT2D eigenvalue weighted by atomic mass is 16.3. The van der Waals surface area contributed by atoms with Crippen LogP contribution in [0.1, 0.15) is 29.7 Å². The molecule has 0 fully saturated rings. The zero-order valence-corrected chi connectivity index (χ0v) is 13.7. The lowest BCUT2D eigenvalue weighted by molar-refractivity contribution is 0.631. The molecule has 4 heterocycles. The predicted octanol–water partition coefficient (Wildman–Crippen LogP) is 3.66.